The molecule has 0 unspecified atom stereocenters. The van der Waals surface area contributed by atoms with Gasteiger partial charge >= 0.3 is 5.97 Å². The van der Waals surface area contributed by atoms with Gasteiger partial charge in [0.05, 0.1) is 10.5 Å². The van der Waals surface area contributed by atoms with E-state index in [4.69, 9.17) is 9.15 Å². The van der Waals surface area contributed by atoms with E-state index < -0.39 is 10.9 Å². The smallest absolute Gasteiger partial charge is 0.345 e. The number of esters is 1. The molecule has 1 heterocycles. The van der Waals surface area contributed by atoms with E-state index in [0.717, 1.165) is 5.39 Å². The van der Waals surface area contributed by atoms with Gasteiger partial charge in [-0.15, -0.1) is 0 Å². The maximum absolute atomic E-state index is 13.0. The highest BCUT2D eigenvalue weighted by Gasteiger charge is 2.23. The molecule has 0 fully saturated rings. The van der Waals surface area contributed by atoms with Crippen LogP contribution >= 0.6 is 0 Å². The van der Waals surface area contributed by atoms with Crippen LogP contribution in [0, 0.1) is 16.0 Å². The average Bonchev–Trinajstić information content (AvgIpc) is 3.25. The highest BCUT2D eigenvalue weighted by atomic mass is 16.6. The van der Waals surface area contributed by atoms with E-state index in [1.54, 1.807) is 30.3 Å². The fraction of sp³-hybridized carbons (Fsp3) is 0.185. The van der Waals surface area contributed by atoms with Crippen molar-refractivity contribution in [3.63, 3.8) is 0 Å². The summed E-state index contributed by atoms with van der Waals surface area (Å²) < 4.78 is 11.3. The SMILES string of the molecule is CC(C)CNC(=O)c1c(-c2ccc(COC(=O)c3ccccc3[N+](=O)[O-])cc2)oc2ccccc12. The third-order valence-electron chi connectivity index (χ3n) is 5.40. The number of carbonyl (C=O) groups is 2. The Bertz CT molecular complexity index is 1390. The molecule has 0 saturated carbocycles. The van der Waals surface area contributed by atoms with Crippen LogP contribution in [0.5, 0.6) is 0 Å². The van der Waals surface area contributed by atoms with Crippen molar-refractivity contribution in [3.05, 3.63) is 99.6 Å². The molecule has 0 radical (unpaired) electrons. The second-order valence-corrected chi connectivity index (χ2v) is 8.45. The molecule has 0 spiro atoms. The third kappa shape index (κ3) is 5.22. The number of nitro groups is 1. The van der Waals surface area contributed by atoms with Crippen LogP contribution in [0.1, 0.15) is 40.1 Å². The number of nitro benzene ring substituents is 1. The molecule has 178 valence electrons. The van der Waals surface area contributed by atoms with Crippen molar-refractivity contribution >= 4 is 28.5 Å². The first-order valence-corrected chi connectivity index (χ1v) is 11.1. The molecule has 0 atom stereocenters. The summed E-state index contributed by atoms with van der Waals surface area (Å²) in [4.78, 5) is 35.9. The first-order valence-electron chi connectivity index (χ1n) is 11.1. The quantitative estimate of drug-likeness (QED) is 0.198. The fourth-order valence-electron chi connectivity index (χ4n) is 3.64. The predicted octanol–water partition coefficient (Wildman–Crippen LogP) is 5.75. The van der Waals surface area contributed by atoms with Gasteiger partial charge in [0, 0.05) is 23.6 Å². The van der Waals surface area contributed by atoms with Crippen molar-refractivity contribution in [2.75, 3.05) is 6.54 Å². The molecule has 0 bridgehead atoms. The molecular weight excluding hydrogens is 448 g/mol. The fourth-order valence-corrected chi connectivity index (χ4v) is 3.64. The number of furan rings is 1. The molecule has 1 aromatic heterocycles. The molecule has 1 N–H and O–H groups in total. The van der Waals surface area contributed by atoms with Crippen LogP contribution in [0.25, 0.3) is 22.3 Å². The maximum Gasteiger partial charge on any atom is 0.345 e. The number of rotatable bonds is 8. The molecule has 0 saturated heterocycles. The lowest BCUT2D eigenvalue weighted by atomic mass is 10.0. The van der Waals surface area contributed by atoms with Crippen molar-refractivity contribution < 1.29 is 23.7 Å². The number of amides is 1. The van der Waals surface area contributed by atoms with E-state index in [-0.39, 0.29) is 23.8 Å². The van der Waals surface area contributed by atoms with E-state index in [1.807, 2.05) is 38.1 Å². The average molecular weight is 472 g/mol. The van der Waals surface area contributed by atoms with Crippen LogP contribution in [-0.4, -0.2) is 23.3 Å². The Labute approximate surface area is 201 Å². The van der Waals surface area contributed by atoms with Crippen molar-refractivity contribution in [1.29, 1.82) is 0 Å². The largest absolute Gasteiger partial charge is 0.457 e. The Kier molecular flexibility index (Phi) is 6.91. The summed E-state index contributed by atoms with van der Waals surface area (Å²) in [6.45, 7) is 4.53. The monoisotopic (exact) mass is 472 g/mol. The summed E-state index contributed by atoms with van der Waals surface area (Å²) in [5, 5.41) is 14.8. The standard InChI is InChI=1S/C27H24N2O6/c1-17(2)15-28-26(30)24-21-8-4-6-10-23(21)35-25(24)19-13-11-18(12-14-19)16-34-27(31)20-7-3-5-9-22(20)29(32)33/h3-14,17H,15-16H2,1-2H3,(H,28,30). The van der Waals surface area contributed by atoms with E-state index in [2.05, 4.69) is 5.32 Å². The molecule has 1 amide bonds. The van der Waals surface area contributed by atoms with Crippen molar-refractivity contribution in [3.8, 4) is 11.3 Å². The molecule has 35 heavy (non-hydrogen) atoms. The highest BCUT2D eigenvalue weighted by molar-refractivity contribution is 6.11. The minimum absolute atomic E-state index is 0.0625. The van der Waals surface area contributed by atoms with Gasteiger partial charge in [-0.25, -0.2) is 4.79 Å². The molecule has 3 aromatic carbocycles. The maximum atomic E-state index is 13.0. The third-order valence-corrected chi connectivity index (χ3v) is 5.40. The molecule has 0 aliphatic rings. The van der Waals surface area contributed by atoms with Crippen molar-refractivity contribution in [2.45, 2.75) is 20.5 Å². The number of fused-ring (bicyclic) bond motifs is 1. The minimum Gasteiger partial charge on any atom is -0.457 e. The first-order chi connectivity index (χ1) is 16.8. The number of hydrogen-bond acceptors (Lipinski definition) is 6. The summed E-state index contributed by atoms with van der Waals surface area (Å²) >= 11 is 0. The number of nitrogens with zero attached hydrogens (tertiary/aromatic N) is 1. The van der Waals surface area contributed by atoms with Gasteiger partial charge < -0.3 is 14.5 Å². The second-order valence-electron chi connectivity index (χ2n) is 8.45. The number of hydrogen-bond donors (Lipinski definition) is 1. The minimum atomic E-state index is -0.775. The molecule has 8 heteroatoms. The molecular formula is C27H24N2O6. The Morgan fingerprint density at radius 2 is 1.69 bits per heavy atom. The van der Waals surface area contributed by atoms with Crippen LogP contribution in [0.4, 0.5) is 5.69 Å². The number of ether oxygens (including phenoxy) is 1. The number of benzene rings is 3. The lowest BCUT2D eigenvalue weighted by Crippen LogP contribution is -2.27. The van der Waals surface area contributed by atoms with Crippen molar-refractivity contribution in [2.24, 2.45) is 5.92 Å². The molecule has 0 aliphatic heterocycles. The Morgan fingerprint density at radius 1 is 1.00 bits per heavy atom. The first kappa shape index (κ1) is 23.7. The topological polar surface area (TPSA) is 112 Å². The lowest BCUT2D eigenvalue weighted by molar-refractivity contribution is -0.385. The number of nitrogens with one attached hydrogen (secondary N) is 1. The van der Waals surface area contributed by atoms with Gasteiger partial charge in [-0.2, -0.15) is 0 Å². The van der Waals surface area contributed by atoms with E-state index in [9.17, 15) is 19.7 Å². The highest BCUT2D eigenvalue weighted by Crippen LogP contribution is 2.34. The van der Waals surface area contributed by atoms with Crippen LogP contribution in [0.2, 0.25) is 0 Å². The van der Waals surface area contributed by atoms with E-state index in [1.165, 1.54) is 18.2 Å². The van der Waals surface area contributed by atoms with Crippen LogP contribution in [0.3, 0.4) is 0 Å². The van der Waals surface area contributed by atoms with Gasteiger partial charge in [0.2, 0.25) is 0 Å². The summed E-state index contributed by atoms with van der Waals surface area (Å²) in [5.74, 6) is -0.223. The van der Waals surface area contributed by atoms with Gasteiger partial charge in [0.15, 0.2) is 0 Å². The van der Waals surface area contributed by atoms with Gasteiger partial charge in [0.25, 0.3) is 11.6 Å². The summed E-state index contributed by atoms with van der Waals surface area (Å²) in [6.07, 6.45) is 0. The van der Waals surface area contributed by atoms with Crippen LogP contribution < -0.4 is 5.32 Å². The molecule has 0 aliphatic carbocycles. The summed E-state index contributed by atoms with van der Waals surface area (Å²) in [7, 11) is 0. The van der Waals surface area contributed by atoms with E-state index >= 15 is 0 Å². The van der Waals surface area contributed by atoms with Gasteiger partial charge in [-0.05, 0) is 23.6 Å². The van der Waals surface area contributed by atoms with Crippen LogP contribution in [-0.2, 0) is 11.3 Å². The zero-order valence-corrected chi connectivity index (χ0v) is 19.3. The zero-order chi connectivity index (χ0) is 24.9. The molecule has 4 aromatic rings. The van der Waals surface area contributed by atoms with Gasteiger partial charge in [0.1, 0.15) is 23.5 Å². The second kappa shape index (κ2) is 10.2. The zero-order valence-electron chi connectivity index (χ0n) is 19.3. The van der Waals surface area contributed by atoms with E-state index in [0.29, 0.717) is 40.5 Å². The number of para-hydroxylation sites is 2. The number of carbonyl (C=O) groups excluding carboxylic acids is 2. The van der Waals surface area contributed by atoms with Gasteiger partial charge in [-0.3, -0.25) is 14.9 Å². The predicted molar refractivity (Wildman–Crippen MR) is 131 cm³/mol. The molecule has 8 nitrogen and oxygen atoms in total. The lowest BCUT2D eigenvalue weighted by Gasteiger charge is -2.09. The Hall–Kier alpha value is -4.46. The Morgan fingerprint density at radius 3 is 2.40 bits per heavy atom. The normalized spacial score (nSPS) is 10.9. The van der Waals surface area contributed by atoms with Crippen molar-refractivity contribution in [1.82, 2.24) is 5.32 Å². The van der Waals surface area contributed by atoms with Gasteiger partial charge in [-0.1, -0.05) is 68.4 Å². The Balaban J connectivity index is 1.55. The van der Waals surface area contributed by atoms with Crippen LogP contribution in [0.15, 0.2) is 77.2 Å². The summed E-state index contributed by atoms with van der Waals surface area (Å²) in [6, 6.07) is 20.1. The summed E-state index contributed by atoms with van der Waals surface area (Å²) in [5.41, 5.74) is 2.05. The molecule has 4 rings (SSSR count).